The summed E-state index contributed by atoms with van der Waals surface area (Å²) in [4.78, 5) is 11.1. The van der Waals surface area contributed by atoms with E-state index in [-0.39, 0.29) is 0 Å². The van der Waals surface area contributed by atoms with Crippen molar-refractivity contribution in [3.63, 3.8) is 0 Å². The van der Waals surface area contributed by atoms with Gasteiger partial charge in [0.25, 0.3) is 0 Å². The molecule has 1 heterocycles. The zero-order chi connectivity index (χ0) is 14.5. The third kappa shape index (κ3) is 4.35. The van der Waals surface area contributed by atoms with Crippen LogP contribution in [0.5, 0.6) is 0 Å². The fourth-order valence-electron chi connectivity index (χ4n) is 2.04. The van der Waals surface area contributed by atoms with Gasteiger partial charge in [-0.3, -0.25) is 9.48 Å². The van der Waals surface area contributed by atoms with E-state index in [1.165, 1.54) is 5.69 Å². The van der Waals surface area contributed by atoms with Gasteiger partial charge < -0.3 is 11.5 Å². The summed E-state index contributed by atoms with van der Waals surface area (Å²) < 4.78 is 2.07. The molecule has 0 aliphatic heterocycles. The minimum atomic E-state index is -0.897. The SMILES string of the molecule is CCc1cc(CC)n(CCCCC(C)(N)C(N)=O)n1. The number of nitrogens with zero attached hydrogens (tertiary/aromatic N) is 2. The number of aryl methyl sites for hydroxylation is 3. The summed E-state index contributed by atoms with van der Waals surface area (Å²) in [6.07, 6.45) is 4.40. The maximum absolute atomic E-state index is 11.1. The van der Waals surface area contributed by atoms with Gasteiger partial charge in [0.2, 0.25) is 5.91 Å². The second kappa shape index (κ2) is 6.70. The molecule has 0 aliphatic carbocycles. The highest BCUT2D eigenvalue weighted by molar-refractivity contribution is 5.83. The monoisotopic (exact) mass is 266 g/mol. The molecule has 1 unspecified atom stereocenters. The number of carbonyl (C=O) groups is 1. The molecule has 5 heteroatoms. The van der Waals surface area contributed by atoms with Crippen LogP contribution in [0.4, 0.5) is 0 Å². The van der Waals surface area contributed by atoms with Crippen LogP contribution in [0.3, 0.4) is 0 Å². The first-order valence-electron chi connectivity index (χ1n) is 7.05. The second-order valence-corrected chi connectivity index (χ2v) is 5.30. The molecule has 0 bridgehead atoms. The van der Waals surface area contributed by atoms with Gasteiger partial charge in [-0.1, -0.05) is 13.8 Å². The smallest absolute Gasteiger partial charge is 0.237 e. The Kier molecular flexibility index (Phi) is 5.54. The van der Waals surface area contributed by atoms with E-state index >= 15 is 0 Å². The Bertz CT molecular complexity index is 423. The van der Waals surface area contributed by atoms with Crippen molar-refractivity contribution in [1.29, 1.82) is 0 Å². The maximum Gasteiger partial charge on any atom is 0.237 e. The van der Waals surface area contributed by atoms with Crippen molar-refractivity contribution in [2.45, 2.75) is 65.0 Å². The van der Waals surface area contributed by atoms with Gasteiger partial charge >= 0.3 is 0 Å². The first-order valence-corrected chi connectivity index (χ1v) is 7.05. The Labute approximate surface area is 115 Å². The van der Waals surface area contributed by atoms with E-state index < -0.39 is 11.4 Å². The van der Waals surface area contributed by atoms with Crippen LogP contribution >= 0.6 is 0 Å². The van der Waals surface area contributed by atoms with Crippen molar-refractivity contribution in [3.05, 3.63) is 17.5 Å². The number of hydrogen-bond acceptors (Lipinski definition) is 3. The molecule has 19 heavy (non-hydrogen) atoms. The lowest BCUT2D eigenvalue weighted by molar-refractivity contribution is -0.122. The van der Waals surface area contributed by atoms with Crippen LogP contribution in [0.2, 0.25) is 0 Å². The summed E-state index contributed by atoms with van der Waals surface area (Å²) in [6.45, 7) is 6.81. The largest absolute Gasteiger partial charge is 0.368 e. The van der Waals surface area contributed by atoms with E-state index in [4.69, 9.17) is 11.5 Å². The Morgan fingerprint density at radius 2 is 2.05 bits per heavy atom. The molecule has 0 saturated heterocycles. The first kappa shape index (κ1) is 15.7. The number of aromatic nitrogens is 2. The summed E-state index contributed by atoms with van der Waals surface area (Å²) in [6, 6.07) is 2.16. The number of carbonyl (C=O) groups excluding carboxylic acids is 1. The van der Waals surface area contributed by atoms with Crippen molar-refractivity contribution in [2.24, 2.45) is 11.5 Å². The van der Waals surface area contributed by atoms with Gasteiger partial charge in [-0.2, -0.15) is 5.10 Å². The normalized spacial score (nSPS) is 14.3. The Hall–Kier alpha value is -1.36. The van der Waals surface area contributed by atoms with Gasteiger partial charge in [-0.25, -0.2) is 0 Å². The molecule has 1 rings (SSSR count). The van der Waals surface area contributed by atoms with Crippen molar-refractivity contribution < 1.29 is 4.79 Å². The van der Waals surface area contributed by atoms with Crippen molar-refractivity contribution in [2.75, 3.05) is 0 Å². The molecule has 1 atom stereocenters. The summed E-state index contributed by atoms with van der Waals surface area (Å²) in [7, 11) is 0. The third-order valence-electron chi connectivity index (χ3n) is 3.52. The number of rotatable bonds is 8. The van der Waals surface area contributed by atoms with Gasteiger partial charge in [0.15, 0.2) is 0 Å². The van der Waals surface area contributed by atoms with Crippen molar-refractivity contribution in [3.8, 4) is 0 Å². The highest BCUT2D eigenvalue weighted by atomic mass is 16.1. The van der Waals surface area contributed by atoms with Crippen LogP contribution in [-0.2, 0) is 24.2 Å². The molecular formula is C14H26N4O. The van der Waals surface area contributed by atoms with Crippen LogP contribution in [0.1, 0.15) is 51.4 Å². The quantitative estimate of drug-likeness (QED) is 0.697. The first-order chi connectivity index (χ1) is 8.90. The van der Waals surface area contributed by atoms with Crippen LogP contribution in [0.15, 0.2) is 6.07 Å². The lowest BCUT2D eigenvalue weighted by Gasteiger charge is -2.20. The van der Waals surface area contributed by atoms with Gasteiger partial charge in [0.1, 0.15) is 0 Å². The zero-order valence-corrected chi connectivity index (χ0v) is 12.3. The standard InChI is InChI=1S/C14H26N4O/c1-4-11-10-12(5-2)18(17-11)9-7-6-8-14(3,16)13(15)19/h10H,4-9,16H2,1-3H3,(H2,15,19). The van der Waals surface area contributed by atoms with E-state index in [2.05, 4.69) is 29.7 Å². The number of unbranched alkanes of at least 4 members (excludes halogenated alkanes) is 1. The summed E-state index contributed by atoms with van der Waals surface area (Å²) in [5, 5.41) is 4.56. The summed E-state index contributed by atoms with van der Waals surface area (Å²) >= 11 is 0. The van der Waals surface area contributed by atoms with E-state index in [1.807, 2.05) is 0 Å². The second-order valence-electron chi connectivity index (χ2n) is 5.30. The molecular weight excluding hydrogens is 240 g/mol. The van der Waals surface area contributed by atoms with Gasteiger partial charge in [-0.15, -0.1) is 0 Å². The molecule has 108 valence electrons. The lowest BCUT2D eigenvalue weighted by atomic mass is 9.95. The van der Waals surface area contributed by atoms with Gasteiger partial charge in [-0.05, 0) is 45.1 Å². The zero-order valence-electron chi connectivity index (χ0n) is 12.3. The van der Waals surface area contributed by atoms with E-state index in [9.17, 15) is 4.79 Å². The van der Waals surface area contributed by atoms with Crippen LogP contribution in [-0.4, -0.2) is 21.2 Å². The molecule has 0 aliphatic rings. The lowest BCUT2D eigenvalue weighted by Crippen LogP contribution is -2.49. The van der Waals surface area contributed by atoms with Crippen LogP contribution in [0.25, 0.3) is 0 Å². The van der Waals surface area contributed by atoms with E-state index in [1.54, 1.807) is 6.92 Å². The molecule has 0 aromatic carbocycles. The third-order valence-corrected chi connectivity index (χ3v) is 3.52. The molecule has 0 fully saturated rings. The average Bonchev–Trinajstić information content (AvgIpc) is 2.77. The number of amides is 1. The molecule has 5 nitrogen and oxygen atoms in total. The molecule has 0 spiro atoms. The Balaban J connectivity index is 2.45. The van der Waals surface area contributed by atoms with Crippen molar-refractivity contribution >= 4 is 5.91 Å². The average molecular weight is 266 g/mol. The topological polar surface area (TPSA) is 86.9 Å². The maximum atomic E-state index is 11.1. The Morgan fingerprint density at radius 1 is 1.37 bits per heavy atom. The van der Waals surface area contributed by atoms with Gasteiger partial charge in [0.05, 0.1) is 11.2 Å². The highest BCUT2D eigenvalue weighted by Crippen LogP contribution is 2.12. The fourth-order valence-corrected chi connectivity index (χ4v) is 2.04. The minimum absolute atomic E-state index is 0.436. The number of primary amides is 1. The molecule has 1 amide bonds. The predicted octanol–water partition coefficient (Wildman–Crippen LogP) is 1.38. The number of nitrogens with two attached hydrogens (primary N) is 2. The van der Waals surface area contributed by atoms with Crippen LogP contribution < -0.4 is 11.5 Å². The van der Waals surface area contributed by atoms with Crippen LogP contribution in [0, 0.1) is 0 Å². The molecule has 1 aromatic heterocycles. The predicted molar refractivity (Wildman–Crippen MR) is 76.6 cm³/mol. The molecule has 0 radical (unpaired) electrons. The molecule has 0 saturated carbocycles. The number of hydrogen-bond donors (Lipinski definition) is 2. The summed E-state index contributed by atoms with van der Waals surface area (Å²) in [5.74, 6) is -0.436. The molecule has 1 aromatic rings. The minimum Gasteiger partial charge on any atom is -0.368 e. The van der Waals surface area contributed by atoms with E-state index in [0.29, 0.717) is 6.42 Å². The molecule has 4 N–H and O–H groups in total. The van der Waals surface area contributed by atoms with Crippen molar-refractivity contribution in [1.82, 2.24) is 9.78 Å². The Morgan fingerprint density at radius 3 is 2.58 bits per heavy atom. The highest BCUT2D eigenvalue weighted by Gasteiger charge is 2.24. The van der Waals surface area contributed by atoms with Gasteiger partial charge in [0, 0.05) is 12.2 Å². The van der Waals surface area contributed by atoms with E-state index in [0.717, 1.165) is 37.9 Å². The fraction of sp³-hybridized carbons (Fsp3) is 0.714. The summed E-state index contributed by atoms with van der Waals surface area (Å²) in [5.41, 5.74) is 12.6.